The summed E-state index contributed by atoms with van der Waals surface area (Å²) in [5, 5.41) is 6.81. The molecule has 96 valence electrons. The summed E-state index contributed by atoms with van der Waals surface area (Å²) in [6.07, 6.45) is 1.80. The van der Waals surface area contributed by atoms with E-state index in [0.29, 0.717) is 9.63 Å². The Morgan fingerprint density at radius 2 is 2.11 bits per heavy atom. The van der Waals surface area contributed by atoms with Crippen LogP contribution in [0.1, 0.15) is 0 Å². The van der Waals surface area contributed by atoms with E-state index in [1.807, 2.05) is 0 Å². The van der Waals surface area contributed by atoms with E-state index in [0.717, 1.165) is 0 Å². The molecular formula is C9H9BrN4O2S2. The minimum Gasteiger partial charge on any atom is -0.248 e. The number of benzene rings is 1. The number of anilines is 1. The zero-order valence-corrected chi connectivity index (χ0v) is 12.4. The fourth-order valence-corrected chi connectivity index (χ4v) is 3.51. The number of sulfonamides is 1. The summed E-state index contributed by atoms with van der Waals surface area (Å²) in [6, 6.07) is 6.54. The van der Waals surface area contributed by atoms with E-state index in [1.54, 1.807) is 24.5 Å². The van der Waals surface area contributed by atoms with Crippen LogP contribution in [0.2, 0.25) is 0 Å². The standard InChI is InChI=1S/C9H9BrN4O2S2/c1-17-9-11-8(12-13-9)14-18(15,16)7-5-3-2-4-6(7)10/h2-5H,1H3,(H2,11,12,13,14). The van der Waals surface area contributed by atoms with Gasteiger partial charge in [0, 0.05) is 4.47 Å². The summed E-state index contributed by atoms with van der Waals surface area (Å²) < 4.78 is 27.0. The quantitative estimate of drug-likeness (QED) is 0.826. The Labute approximate surface area is 117 Å². The first kappa shape index (κ1) is 13.4. The molecule has 2 rings (SSSR count). The van der Waals surface area contributed by atoms with Crippen LogP contribution >= 0.6 is 27.7 Å². The summed E-state index contributed by atoms with van der Waals surface area (Å²) in [5.41, 5.74) is 0. The minimum absolute atomic E-state index is 0.0927. The number of nitrogens with one attached hydrogen (secondary N) is 2. The number of thioether (sulfide) groups is 1. The molecule has 0 saturated heterocycles. The van der Waals surface area contributed by atoms with Gasteiger partial charge in [0.1, 0.15) is 4.90 Å². The minimum atomic E-state index is -3.68. The predicted molar refractivity (Wildman–Crippen MR) is 73.1 cm³/mol. The molecule has 0 amide bonds. The van der Waals surface area contributed by atoms with Crippen molar-refractivity contribution in [2.75, 3.05) is 11.0 Å². The highest BCUT2D eigenvalue weighted by atomic mass is 79.9. The largest absolute Gasteiger partial charge is 0.265 e. The molecule has 0 atom stereocenters. The van der Waals surface area contributed by atoms with Crippen LogP contribution in [0.3, 0.4) is 0 Å². The average molecular weight is 349 g/mol. The van der Waals surface area contributed by atoms with Gasteiger partial charge in [-0.05, 0) is 34.3 Å². The average Bonchev–Trinajstić information content (AvgIpc) is 2.76. The lowest BCUT2D eigenvalue weighted by molar-refractivity contribution is 0.600. The van der Waals surface area contributed by atoms with Gasteiger partial charge in [-0.3, -0.25) is 0 Å². The maximum Gasteiger partial charge on any atom is 0.265 e. The SMILES string of the molecule is CSc1n[nH]c(NS(=O)(=O)c2ccccc2Br)n1. The lowest BCUT2D eigenvalue weighted by Crippen LogP contribution is -2.14. The van der Waals surface area contributed by atoms with Crippen LogP contribution in [0.5, 0.6) is 0 Å². The van der Waals surface area contributed by atoms with Crippen molar-refractivity contribution >= 4 is 43.7 Å². The summed E-state index contributed by atoms with van der Waals surface area (Å²) in [5.74, 6) is 0.0927. The van der Waals surface area contributed by atoms with Gasteiger partial charge in [-0.15, -0.1) is 5.10 Å². The van der Waals surface area contributed by atoms with Crippen LogP contribution in [-0.4, -0.2) is 29.9 Å². The molecule has 0 radical (unpaired) electrons. The zero-order valence-electron chi connectivity index (χ0n) is 9.21. The van der Waals surface area contributed by atoms with Crippen molar-refractivity contribution in [3.05, 3.63) is 28.7 Å². The fraction of sp³-hybridized carbons (Fsp3) is 0.111. The molecule has 18 heavy (non-hydrogen) atoms. The van der Waals surface area contributed by atoms with Gasteiger partial charge in [0.05, 0.1) is 0 Å². The third-order valence-electron chi connectivity index (χ3n) is 2.00. The van der Waals surface area contributed by atoms with Crippen LogP contribution in [-0.2, 0) is 10.0 Å². The van der Waals surface area contributed by atoms with Gasteiger partial charge in [-0.1, -0.05) is 23.9 Å². The number of nitrogens with zero attached hydrogens (tertiary/aromatic N) is 2. The number of H-pyrrole nitrogens is 1. The van der Waals surface area contributed by atoms with Gasteiger partial charge >= 0.3 is 0 Å². The Bertz CT molecular complexity index is 656. The van der Waals surface area contributed by atoms with Crippen molar-refractivity contribution in [2.45, 2.75) is 10.1 Å². The second-order valence-corrected chi connectivity index (χ2v) is 6.49. The molecule has 0 aliphatic carbocycles. The molecule has 0 aliphatic rings. The highest BCUT2D eigenvalue weighted by molar-refractivity contribution is 9.10. The third kappa shape index (κ3) is 2.85. The molecule has 6 nitrogen and oxygen atoms in total. The summed E-state index contributed by atoms with van der Waals surface area (Å²) >= 11 is 4.51. The molecule has 9 heteroatoms. The van der Waals surface area contributed by atoms with E-state index in [-0.39, 0.29) is 10.8 Å². The lowest BCUT2D eigenvalue weighted by Gasteiger charge is -2.06. The molecule has 2 N–H and O–H groups in total. The molecule has 0 spiro atoms. The van der Waals surface area contributed by atoms with Crippen LogP contribution in [0.4, 0.5) is 5.95 Å². The lowest BCUT2D eigenvalue weighted by atomic mass is 10.4. The van der Waals surface area contributed by atoms with Gasteiger partial charge in [0.15, 0.2) is 0 Å². The van der Waals surface area contributed by atoms with E-state index >= 15 is 0 Å². The highest BCUT2D eigenvalue weighted by Crippen LogP contribution is 2.23. The molecule has 1 aromatic heterocycles. The summed E-state index contributed by atoms with van der Waals surface area (Å²) in [4.78, 5) is 4.11. The Hall–Kier alpha value is -1.06. The van der Waals surface area contributed by atoms with Gasteiger partial charge < -0.3 is 0 Å². The summed E-state index contributed by atoms with van der Waals surface area (Å²) in [6.45, 7) is 0. The normalized spacial score (nSPS) is 11.4. The third-order valence-corrected chi connectivity index (χ3v) is 4.90. The maximum absolute atomic E-state index is 12.1. The van der Waals surface area contributed by atoms with E-state index in [4.69, 9.17) is 0 Å². The number of halogens is 1. The van der Waals surface area contributed by atoms with Gasteiger partial charge in [0.25, 0.3) is 10.0 Å². The first-order valence-electron chi connectivity index (χ1n) is 4.76. The van der Waals surface area contributed by atoms with Gasteiger partial charge in [-0.2, -0.15) is 4.98 Å². The van der Waals surface area contributed by atoms with Crippen molar-refractivity contribution < 1.29 is 8.42 Å². The molecule has 0 saturated carbocycles. The fourth-order valence-electron chi connectivity index (χ4n) is 1.23. The zero-order chi connectivity index (χ0) is 13.2. The first-order valence-corrected chi connectivity index (χ1v) is 8.27. The molecular weight excluding hydrogens is 340 g/mol. The molecule has 0 aliphatic heterocycles. The number of aromatic nitrogens is 3. The predicted octanol–water partition coefficient (Wildman–Crippen LogP) is 2.09. The number of hydrogen-bond acceptors (Lipinski definition) is 5. The van der Waals surface area contributed by atoms with Crippen LogP contribution in [0.15, 0.2) is 38.8 Å². The van der Waals surface area contributed by atoms with E-state index < -0.39 is 10.0 Å². The van der Waals surface area contributed by atoms with E-state index in [9.17, 15) is 8.42 Å². The Kier molecular flexibility index (Phi) is 3.93. The smallest absolute Gasteiger partial charge is 0.248 e. The van der Waals surface area contributed by atoms with Crippen molar-refractivity contribution in [2.24, 2.45) is 0 Å². The van der Waals surface area contributed by atoms with Crippen molar-refractivity contribution in [3.8, 4) is 0 Å². The van der Waals surface area contributed by atoms with E-state index in [1.165, 1.54) is 17.8 Å². The van der Waals surface area contributed by atoms with Crippen molar-refractivity contribution in [1.82, 2.24) is 15.2 Å². The summed E-state index contributed by atoms with van der Waals surface area (Å²) in [7, 11) is -3.68. The molecule has 2 aromatic rings. The Morgan fingerprint density at radius 3 is 2.72 bits per heavy atom. The number of rotatable bonds is 4. The van der Waals surface area contributed by atoms with E-state index in [2.05, 4.69) is 35.8 Å². The van der Waals surface area contributed by atoms with Crippen LogP contribution in [0.25, 0.3) is 0 Å². The van der Waals surface area contributed by atoms with Gasteiger partial charge in [-0.25, -0.2) is 18.2 Å². The second-order valence-electron chi connectivity index (χ2n) is 3.21. The first-order chi connectivity index (χ1) is 8.53. The monoisotopic (exact) mass is 348 g/mol. The Morgan fingerprint density at radius 1 is 1.39 bits per heavy atom. The molecule has 1 heterocycles. The van der Waals surface area contributed by atoms with Crippen molar-refractivity contribution in [1.29, 1.82) is 0 Å². The molecule has 1 aromatic carbocycles. The molecule has 0 unspecified atom stereocenters. The van der Waals surface area contributed by atoms with Gasteiger partial charge in [0.2, 0.25) is 11.1 Å². The topological polar surface area (TPSA) is 87.7 Å². The van der Waals surface area contributed by atoms with Crippen molar-refractivity contribution in [3.63, 3.8) is 0 Å². The highest BCUT2D eigenvalue weighted by Gasteiger charge is 2.18. The van der Waals surface area contributed by atoms with Crippen LogP contribution in [0, 0.1) is 0 Å². The number of aromatic amines is 1. The number of hydrogen-bond donors (Lipinski definition) is 2. The second kappa shape index (κ2) is 5.29. The molecule has 0 bridgehead atoms. The van der Waals surface area contributed by atoms with Crippen LogP contribution < -0.4 is 4.72 Å². The maximum atomic E-state index is 12.1. The Balaban J connectivity index is 2.30. The molecule has 0 fully saturated rings.